The maximum atomic E-state index is 15.4. The van der Waals surface area contributed by atoms with Crippen LogP contribution in [0.3, 0.4) is 0 Å². The Bertz CT molecular complexity index is 1500. The Balaban J connectivity index is 1.75. The maximum absolute atomic E-state index is 15.4. The summed E-state index contributed by atoms with van der Waals surface area (Å²) in [5.74, 6) is -13.0. The van der Waals surface area contributed by atoms with Gasteiger partial charge in [-0.3, -0.25) is 29.1 Å². The van der Waals surface area contributed by atoms with Crippen LogP contribution >= 0.6 is 0 Å². The van der Waals surface area contributed by atoms with Crippen molar-refractivity contribution < 1.29 is 36.7 Å². The van der Waals surface area contributed by atoms with E-state index in [0.717, 1.165) is 0 Å². The molecule has 2 aromatic heterocycles. The molecule has 0 aliphatic carbocycles. The van der Waals surface area contributed by atoms with Crippen molar-refractivity contribution in [3.05, 3.63) is 94.6 Å². The monoisotopic (exact) mass is 492 g/mol. The number of halogens is 4. The minimum absolute atomic E-state index is 0.172. The molecule has 0 spiro atoms. The molecule has 0 radical (unpaired) electrons. The van der Waals surface area contributed by atoms with Crippen LogP contribution in [0.15, 0.2) is 49.1 Å². The van der Waals surface area contributed by atoms with Crippen molar-refractivity contribution >= 4 is 45.8 Å². The fraction of sp³-hybridized carbons (Fsp3) is 0. The zero-order valence-corrected chi connectivity index (χ0v) is 17.6. The SMILES string of the molecule is O=C1c2c(F)c(F)c3c4c(c(F)c(F)c(c24)C(=O)N1c1ccncc1)C(=O)N(c1ccncc1)C3=O. The highest BCUT2D eigenvalue weighted by molar-refractivity contribution is 6.42. The Morgan fingerprint density at radius 3 is 0.972 bits per heavy atom. The summed E-state index contributed by atoms with van der Waals surface area (Å²) >= 11 is 0. The van der Waals surface area contributed by atoms with Gasteiger partial charge in [0.05, 0.1) is 33.6 Å². The second kappa shape index (κ2) is 7.25. The maximum Gasteiger partial charge on any atom is 0.269 e. The molecule has 0 unspecified atom stereocenters. The van der Waals surface area contributed by atoms with Crippen LogP contribution in [0.5, 0.6) is 0 Å². The zero-order chi connectivity index (χ0) is 25.5. The van der Waals surface area contributed by atoms with Gasteiger partial charge < -0.3 is 0 Å². The summed E-state index contributed by atoms with van der Waals surface area (Å²) in [4.78, 5) is 61.1. The molecular formula is C24H8F4N4O4. The molecule has 2 aliphatic rings. The number of hydrogen-bond acceptors (Lipinski definition) is 6. The lowest BCUT2D eigenvalue weighted by atomic mass is 9.84. The number of carbonyl (C=O) groups is 4. The molecule has 12 heteroatoms. The lowest BCUT2D eigenvalue weighted by molar-refractivity contribution is 0.0863. The fourth-order valence-electron chi connectivity index (χ4n) is 4.52. The van der Waals surface area contributed by atoms with E-state index in [4.69, 9.17) is 0 Å². The number of pyridine rings is 2. The van der Waals surface area contributed by atoms with E-state index in [1.54, 1.807) is 0 Å². The van der Waals surface area contributed by atoms with Crippen LogP contribution in [0, 0.1) is 23.3 Å². The van der Waals surface area contributed by atoms with Crippen LogP contribution in [-0.2, 0) is 0 Å². The molecule has 4 aromatic rings. The number of amides is 4. The first-order valence-electron chi connectivity index (χ1n) is 10.2. The van der Waals surface area contributed by atoms with Crippen molar-refractivity contribution in [3.8, 4) is 0 Å². The fourth-order valence-corrected chi connectivity index (χ4v) is 4.52. The van der Waals surface area contributed by atoms with E-state index < -0.39 is 79.9 Å². The molecule has 0 saturated heterocycles. The molecule has 6 rings (SSSR count). The van der Waals surface area contributed by atoms with Gasteiger partial charge in [0.25, 0.3) is 23.6 Å². The van der Waals surface area contributed by atoms with Gasteiger partial charge in [0.15, 0.2) is 23.3 Å². The second-order valence-corrected chi connectivity index (χ2v) is 7.81. The average Bonchev–Trinajstić information content (AvgIpc) is 2.87. The van der Waals surface area contributed by atoms with Gasteiger partial charge in [0.1, 0.15) is 0 Å². The van der Waals surface area contributed by atoms with Crippen LogP contribution < -0.4 is 9.80 Å². The van der Waals surface area contributed by atoms with Gasteiger partial charge in [0, 0.05) is 35.6 Å². The standard InChI is InChI=1S/C24H8F4N4O4/c25-17-13-11-12-15(19(17)27)23(35)32(10-3-7-30-8-4-10)24(36)16(12)20(28)18(26)14(11)22(34)31(21(13)33)9-1-5-29-6-2-9/h1-8H. The molecule has 176 valence electrons. The Morgan fingerprint density at radius 1 is 0.472 bits per heavy atom. The highest BCUT2D eigenvalue weighted by Crippen LogP contribution is 2.44. The Hall–Kier alpha value is -5.00. The molecule has 2 aliphatic heterocycles. The van der Waals surface area contributed by atoms with E-state index in [-0.39, 0.29) is 11.4 Å². The molecule has 8 nitrogen and oxygen atoms in total. The van der Waals surface area contributed by atoms with Crippen molar-refractivity contribution in [1.82, 2.24) is 9.97 Å². The Kier molecular flexibility index (Phi) is 4.33. The first-order valence-corrected chi connectivity index (χ1v) is 10.2. The van der Waals surface area contributed by atoms with Gasteiger partial charge in [-0.25, -0.2) is 27.4 Å². The molecular weight excluding hydrogens is 484 g/mol. The molecule has 2 aromatic carbocycles. The van der Waals surface area contributed by atoms with Crippen molar-refractivity contribution in [2.24, 2.45) is 0 Å². The summed E-state index contributed by atoms with van der Waals surface area (Å²) in [5.41, 5.74) is -4.80. The number of nitrogens with zero attached hydrogens (tertiary/aromatic N) is 4. The number of rotatable bonds is 2. The van der Waals surface area contributed by atoms with E-state index in [9.17, 15) is 19.2 Å². The van der Waals surface area contributed by atoms with E-state index in [2.05, 4.69) is 9.97 Å². The summed E-state index contributed by atoms with van der Waals surface area (Å²) in [6, 6.07) is 4.69. The molecule has 0 atom stereocenters. The third-order valence-corrected chi connectivity index (χ3v) is 6.02. The third-order valence-electron chi connectivity index (χ3n) is 6.02. The van der Waals surface area contributed by atoms with Crippen molar-refractivity contribution in [1.29, 1.82) is 0 Å². The predicted molar refractivity (Wildman–Crippen MR) is 115 cm³/mol. The van der Waals surface area contributed by atoms with Crippen molar-refractivity contribution in [2.75, 3.05) is 9.80 Å². The average molecular weight is 492 g/mol. The van der Waals surface area contributed by atoms with Crippen LogP contribution in [-0.4, -0.2) is 33.6 Å². The van der Waals surface area contributed by atoms with Gasteiger partial charge in [0.2, 0.25) is 0 Å². The Labute approximate surface area is 197 Å². The second-order valence-electron chi connectivity index (χ2n) is 7.81. The minimum atomic E-state index is -1.86. The molecule has 0 bridgehead atoms. The van der Waals surface area contributed by atoms with E-state index in [1.165, 1.54) is 49.1 Å². The lowest BCUT2D eigenvalue weighted by Gasteiger charge is -2.32. The first-order chi connectivity index (χ1) is 17.3. The summed E-state index contributed by atoms with van der Waals surface area (Å²) in [6.45, 7) is 0. The van der Waals surface area contributed by atoms with Gasteiger partial charge in [-0.1, -0.05) is 0 Å². The normalized spacial score (nSPS) is 14.8. The predicted octanol–water partition coefficient (Wildman–Crippen LogP) is 3.79. The number of anilines is 2. The van der Waals surface area contributed by atoms with Crippen molar-refractivity contribution in [2.45, 2.75) is 0 Å². The van der Waals surface area contributed by atoms with E-state index in [1.807, 2.05) is 0 Å². The quantitative estimate of drug-likeness (QED) is 0.312. The smallest absolute Gasteiger partial charge is 0.268 e. The molecule has 0 fully saturated rings. The highest BCUT2D eigenvalue weighted by Gasteiger charge is 2.48. The van der Waals surface area contributed by atoms with Crippen LogP contribution in [0.2, 0.25) is 0 Å². The van der Waals surface area contributed by atoms with Gasteiger partial charge >= 0.3 is 0 Å². The number of benzene rings is 2. The van der Waals surface area contributed by atoms with Crippen LogP contribution in [0.25, 0.3) is 10.8 Å². The van der Waals surface area contributed by atoms with Crippen LogP contribution in [0.1, 0.15) is 41.4 Å². The van der Waals surface area contributed by atoms with E-state index in [0.29, 0.717) is 9.80 Å². The number of imide groups is 2. The highest BCUT2D eigenvalue weighted by atomic mass is 19.2. The third kappa shape index (κ3) is 2.52. The lowest BCUT2D eigenvalue weighted by Crippen LogP contribution is -2.46. The summed E-state index contributed by atoms with van der Waals surface area (Å²) < 4.78 is 61.7. The topological polar surface area (TPSA) is 101 Å². The van der Waals surface area contributed by atoms with E-state index >= 15 is 17.6 Å². The number of carbonyl (C=O) groups excluding carboxylic acids is 4. The largest absolute Gasteiger partial charge is 0.269 e. The summed E-state index contributed by atoms with van der Waals surface area (Å²) in [6.07, 6.45) is 4.74. The molecule has 36 heavy (non-hydrogen) atoms. The molecule has 4 amide bonds. The summed E-state index contributed by atoms with van der Waals surface area (Å²) in [5, 5.41) is -1.71. The minimum Gasteiger partial charge on any atom is -0.268 e. The first kappa shape index (κ1) is 21.5. The number of hydrogen-bond donors (Lipinski definition) is 0. The molecule has 0 N–H and O–H groups in total. The number of aromatic nitrogens is 2. The summed E-state index contributed by atoms with van der Waals surface area (Å²) in [7, 11) is 0. The molecule has 0 saturated carbocycles. The van der Waals surface area contributed by atoms with Crippen molar-refractivity contribution in [3.63, 3.8) is 0 Å². The van der Waals surface area contributed by atoms with Gasteiger partial charge in [-0.15, -0.1) is 0 Å². The Morgan fingerprint density at radius 2 is 0.722 bits per heavy atom. The zero-order valence-electron chi connectivity index (χ0n) is 17.6. The van der Waals surface area contributed by atoms with Gasteiger partial charge in [-0.2, -0.15) is 0 Å². The van der Waals surface area contributed by atoms with Gasteiger partial charge in [-0.05, 0) is 24.3 Å². The van der Waals surface area contributed by atoms with Crippen LogP contribution in [0.4, 0.5) is 28.9 Å². The molecule has 4 heterocycles.